The molecule has 1 saturated heterocycles. The van der Waals surface area contributed by atoms with Gasteiger partial charge in [-0.15, -0.1) is 0 Å². The van der Waals surface area contributed by atoms with Crippen molar-refractivity contribution in [2.75, 3.05) is 38.1 Å². The molecular weight excluding hydrogens is 346 g/mol. The third kappa shape index (κ3) is 4.93. The van der Waals surface area contributed by atoms with E-state index in [0.717, 1.165) is 5.56 Å². The molecule has 1 aliphatic heterocycles. The van der Waals surface area contributed by atoms with E-state index in [1.165, 1.54) is 0 Å². The fraction of sp³-hybridized carbons (Fsp3) is 0.368. The average Bonchev–Trinajstić information content (AvgIpc) is 2.73. The average molecular weight is 369 g/mol. The Morgan fingerprint density at radius 3 is 2.41 bits per heavy atom. The lowest BCUT2D eigenvalue weighted by Crippen LogP contribution is -2.50. The molecule has 142 valence electrons. The molecule has 0 bridgehead atoms. The summed E-state index contributed by atoms with van der Waals surface area (Å²) in [6.45, 7) is 4.69. The maximum Gasteiger partial charge on any atom is 0.409 e. The van der Waals surface area contributed by atoms with E-state index in [2.05, 4.69) is 15.3 Å². The van der Waals surface area contributed by atoms with Gasteiger partial charge in [0.05, 0.1) is 12.2 Å². The number of nitrogens with one attached hydrogen (secondary N) is 1. The van der Waals surface area contributed by atoms with E-state index in [1.807, 2.05) is 12.1 Å². The summed E-state index contributed by atoms with van der Waals surface area (Å²) in [7, 11) is 0. The summed E-state index contributed by atoms with van der Waals surface area (Å²) >= 11 is 0. The Bertz CT molecular complexity index is 759. The Morgan fingerprint density at radius 2 is 1.78 bits per heavy atom. The zero-order valence-corrected chi connectivity index (χ0v) is 15.3. The molecule has 2 amide bonds. The van der Waals surface area contributed by atoms with E-state index in [4.69, 9.17) is 4.74 Å². The standard InChI is InChI=1S/C19H23N5O3/c1-2-27-19(26)24-11-9-23(10-12-24)18(25)16-3-4-17(22-14-16)21-13-15-5-7-20-8-6-15/h3-8,14H,2,9-13H2,1H3,(H,21,22). The number of carbonyl (C=O) groups is 2. The Hall–Kier alpha value is -3.16. The summed E-state index contributed by atoms with van der Waals surface area (Å²) in [5.74, 6) is 0.627. The Kier molecular flexibility index (Phi) is 6.19. The minimum Gasteiger partial charge on any atom is -0.450 e. The normalized spacial score (nSPS) is 14.0. The summed E-state index contributed by atoms with van der Waals surface area (Å²) in [6, 6.07) is 7.42. The van der Waals surface area contributed by atoms with Gasteiger partial charge in [-0.1, -0.05) is 0 Å². The first-order valence-corrected chi connectivity index (χ1v) is 8.97. The number of aromatic nitrogens is 2. The lowest BCUT2D eigenvalue weighted by molar-refractivity contribution is 0.0570. The second-order valence-corrected chi connectivity index (χ2v) is 6.12. The van der Waals surface area contributed by atoms with Gasteiger partial charge in [-0.25, -0.2) is 9.78 Å². The highest BCUT2D eigenvalue weighted by atomic mass is 16.6. The number of piperazine rings is 1. The second-order valence-electron chi connectivity index (χ2n) is 6.12. The zero-order chi connectivity index (χ0) is 19.1. The van der Waals surface area contributed by atoms with Gasteiger partial charge in [-0.2, -0.15) is 0 Å². The quantitative estimate of drug-likeness (QED) is 0.867. The number of hydrogen-bond donors (Lipinski definition) is 1. The summed E-state index contributed by atoms with van der Waals surface area (Å²) in [6.07, 6.45) is 4.74. The van der Waals surface area contributed by atoms with E-state index in [-0.39, 0.29) is 12.0 Å². The van der Waals surface area contributed by atoms with Crippen LogP contribution in [0.3, 0.4) is 0 Å². The predicted octanol–water partition coefficient (Wildman–Crippen LogP) is 2.00. The Morgan fingerprint density at radius 1 is 1.07 bits per heavy atom. The van der Waals surface area contributed by atoms with Crippen molar-refractivity contribution < 1.29 is 14.3 Å². The van der Waals surface area contributed by atoms with Crippen molar-refractivity contribution in [2.24, 2.45) is 0 Å². The number of hydrogen-bond acceptors (Lipinski definition) is 6. The molecule has 8 heteroatoms. The van der Waals surface area contributed by atoms with Crippen molar-refractivity contribution in [3.8, 4) is 0 Å². The van der Waals surface area contributed by atoms with Gasteiger partial charge in [0.1, 0.15) is 5.82 Å². The fourth-order valence-electron chi connectivity index (χ4n) is 2.81. The number of pyridine rings is 2. The summed E-state index contributed by atoms with van der Waals surface area (Å²) in [5, 5.41) is 3.21. The molecule has 1 N–H and O–H groups in total. The van der Waals surface area contributed by atoms with Crippen molar-refractivity contribution in [2.45, 2.75) is 13.5 Å². The van der Waals surface area contributed by atoms with E-state index >= 15 is 0 Å². The van der Waals surface area contributed by atoms with Crippen LogP contribution in [0.5, 0.6) is 0 Å². The number of amides is 2. The van der Waals surface area contributed by atoms with E-state index in [9.17, 15) is 9.59 Å². The van der Waals surface area contributed by atoms with Crippen LogP contribution in [-0.2, 0) is 11.3 Å². The summed E-state index contributed by atoms with van der Waals surface area (Å²) < 4.78 is 4.99. The summed E-state index contributed by atoms with van der Waals surface area (Å²) in [5.41, 5.74) is 1.64. The Balaban J connectivity index is 1.51. The molecule has 27 heavy (non-hydrogen) atoms. The number of ether oxygens (including phenoxy) is 1. The lowest BCUT2D eigenvalue weighted by atomic mass is 10.2. The molecule has 0 spiro atoms. The third-order valence-electron chi connectivity index (χ3n) is 4.33. The van der Waals surface area contributed by atoms with Crippen molar-refractivity contribution in [3.05, 3.63) is 54.0 Å². The SMILES string of the molecule is CCOC(=O)N1CCN(C(=O)c2ccc(NCc3ccncc3)nc2)CC1. The molecule has 0 radical (unpaired) electrons. The van der Waals surface area contributed by atoms with E-state index in [1.54, 1.807) is 47.4 Å². The van der Waals surface area contributed by atoms with Gasteiger partial charge in [-0.05, 0) is 36.8 Å². The largest absolute Gasteiger partial charge is 0.450 e. The number of nitrogens with zero attached hydrogens (tertiary/aromatic N) is 4. The van der Waals surface area contributed by atoms with Crippen molar-refractivity contribution in [1.82, 2.24) is 19.8 Å². The monoisotopic (exact) mass is 369 g/mol. The molecule has 0 saturated carbocycles. The molecule has 2 aromatic rings. The van der Waals surface area contributed by atoms with Crippen molar-refractivity contribution in [3.63, 3.8) is 0 Å². The topological polar surface area (TPSA) is 87.7 Å². The van der Waals surface area contributed by atoms with Gasteiger partial charge >= 0.3 is 6.09 Å². The van der Waals surface area contributed by atoms with Gasteiger partial charge in [0.2, 0.25) is 0 Å². The first-order valence-electron chi connectivity index (χ1n) is 8.97. The molecule has 0 aliphatic carbocycles. The molecule has 8 nitrogen and oxygen atoms in total. The van der Waals surface area contributed by atoms with Crippen LogP contribution in [0, 0.1) is 0 Å². The molecule has 3 heterocycles. The van der Waals surface area contributed by atoms with Gasteiger partial charge in [0.25, 0.3) is 5.91 Å². The molecule has 1 aliphatic rings. The maximum atomic E-state index is 12.6. The van der Waals surface area contributed by atoms with Crippen LogP contribution in [0.1, 0.15) is 22.8 Å². The third-order valence-corrected chi connectivity index (χ3v) is 4.33. The first-order chi connectivity index (χ1) is 13.2. The van der Waals surface area contributed by atoms with Crippen LogP contribution in [-0.4, -0.2) is 64.6 Å². The van der Waals surface area contributed by atoms with Gasteiger partial charge in [0.15, 0.2) is 0 Å². The van der Waals surface area contributed by atoms with Crippen LogP contribution in [0.15, 0.2) is 42.9 Å². The van der Waals surface area contributed by atoms with Gasteiger partial charge in [0, 0.05) is 51.3 Å². The Labute approximate surface area is 158 Å². The van der Waals surface area contributed by atoms with Crippen LogP contribution < -0.4 is 5.32 Å². The highest BCUT2D eigenvalue weighted by Crippen LogP contribution is 2.12. The number of anilines is 1. The smallest absolute Gasteiger partial charge is 0.409 e. The molecule has 1 fully saturated rings. The molecule has 0 unspecified atom stereocenters. The zero-order valence-electron chi connectivity index (χ0n) is 15.3. The molecule has 0 aromatic carbocycles. The molecule has 0 atom stereocenters. The van der Waals surface area contributed by atoms with Crippen molar-refractivity contribution in [1.29, 1.82) is 0 Å². The van der Waals surface area contributed by atoms with Crippen LogP contribution >= 0.6 is 0 Å². The highest BCUT2D eigenvalue weighted by molar-refractivity contribution is 5.94. The number of carbonyl (C=O) groups excluding carboxylic acids is 2. The second kappa shape index (κ2) is 8.98. The van der Waals surface area contributed by atoms with Crippen LogP contribution in [0.2, 0.25) is 0 Å². The predicted molar refractivity (Wildman–Crippen MR) is 100 cm³/mol. The maximum absolute atomic E-state index is 12.6. The van der Waals surface area contributed by atoms with E-state index in [0.29, 0.717) is 50.7 Å². The highest BCUT2D eigenvalue weighted by Gasteiger charge is 2.25. The summed E-state index contributed by atoms with van der Waals surface area (Å²) in [4.78, 5) is 36.0. The van der Waals surface area contributed by atoms with Gasteiger partial charge in [-0.3, -0.25) is 9.78 Å². The molecular formula is C19H23N5O3. The van der Waals surface area contributed by atoms with Crippen LogP contribution in [0.4, 0.5) is 10.6 Å². The van der Waals surface area contributed by atoms with Gasteiger partial charge < -0.3 is 19.9 Å². The van der Waals surface area contributed by atoms with Crippen LogP contribution in [0.25, 0.3) is 0 Å². The lowest BCUT2D eigenvalue weighted by Gasteiger charge is -2.34. The van der Waals surface area contributed by atoms with E-state index < -0.39 is 0 Å². The molecule has 3 rings (SSSR count). The molecule has 2 aromatic heterocycles. The van der Waals surface area contributed by atoms with Crippen molar-refractivity contribution >= 4 is 17.8 Å². The minimum atomic E-state index is -0.323. The number of rotatable bonds is 5. The minimum absolute atomic E-state index is 0.0771. The first kappa shape index (κ1) is 18.6. The fourth-order valence-corrected chi connectivity index (χ4v) is 2.81.